The molecule has 0 radical (unpaired) electrons. The SMILES string of the molecule is c1ccc(-c2nc(-c3ccc4c(c3)oc3ccccc34)nc(-c3ccc4c(c3)oc3ccc5c(c34)C3(c4ccccc4-c4ccccc43)c3cc4sc6ccccc6c4cc3-5)n2)cc1. The van der Waals surface area contributed by atoms with E-state index < -0.39 is 5.41 Å². The van der Waals surface area contributed by atoms with Gasteiger partial charge >= 0.3 is 0 Å². The first-order valence-electron chi connectivity index (χ1n) is 21.6. The summed E-state index contributed by atoms with van der Waals surface area (Å²) >= 11 is 1.88. The van der Waals surface area contributed by atoms with Crippen LogP contribution in [0.2, 0.25) is 0 Å². The molecule has 4 heterocycles. The Morgan fingerprint density at radius 3 is 1.70 bits per heavy atom. The maximum absolute atomic E-state index is 6.96. The van der Waals surface area contributed by atoms with E-state index in [4.69, 9.17) is 23.8 Å². The molecule has 64 heavy (non-hydrogen) atoms. The average molecular weight is 834 g/mol. The molecule has 0 atom stereocenters. The van der Waals surface area contributed by atoms with E-state index in [-0.39, 0.29) is 0 Å². The molecular formula is C58H31N3O2S. The van der Waals surface area contributed by atoms with Crippen LogP contribution in [0.3, 0.4) is 0 Å². The van der Waals surface area contributed by atoms with Crippen LogP contribution in [-0.2, 0) is 5.41 Å². The summed E-state index contributed by atoms with van der Waals surface area (Å²) in [6.07, 6.45) is 0. The van der Waals surface area contributed by atoms with Gasteiger partial charge in [0.2, 0.25) is 0 Å². The quantitative estimate of drug-likeness (QED) is 0.177. The molecule has 9 aromatic carbocycles. The van der Waals surface area contributed by atoms with Gasteiger partial charge in [0.1, 0.15) is 22.3 Å². The van der Waals surface area contributed by atoms with E-state index in [0.717, 1.165) is 60.6 Å². The van der Waals surface area contributed by atoms with E-state index >= 15 is 0 Å². The molecule has 2 aliphatic carbocycles. The zero-order valence-electron chi connectivity index (χ0n) is 34.0. The van der Waals surface area contributed by atoms with Gasteiger partial charge in [0.15, 0.2) is 17.5 Å². The van der Waals surface area contributed by atoms with Crippen molar-refractivity contribution in [1.29, 1.82) is 0 Å². The van der Waals surface area contributed by atoms with Crippen LogP contribution < -0.4 is 0 Å². The summed E-state index contributed by atoms with van der Waals surface area (Å²) in [5.74, 6) is 1.73. The molecule has 5 nitrogen and oxygen atoms in total. The molecule has 2 aliphatic rings. The smallest absolute Gasteiger partial charge is 0.164 e. The highest BCUT2D eigenvalue weighted by atomic mass is 32.1. The van der Waals surface area contributed by atoms with E-state index in [0.29, 0.717) is 17.5 Å². The number of hydrogen-bond acceptors (Lipinski definition) is 6. The van der Waals surface area contributed by atoms with Gasteiger partial charge in [-0.15, -0.1) is 11.3 Å². The van der Waals surface area contributed by atoms with Crippen molar-refractivity contribution in [3.63, 3.8) is 0 Å². The highest BCUT2D eigenvalue weighted by Crippen LogP contribution is 2.65. The fraction of sp³-hybridized carbons (Fsp3) is 0.0172. The molecule has 1 spiro atoms. The second kappa shape index (κ2) is 12.5. The molecular weight excluding hydrogens is 803 g/mol. The summed E-state index contributed by atoms with van der Waals surface area (Å²) < 4.78 is 15.9. The molecule has 0 amide bonds. The molecule has 13 aromatic rings. The van der Waals surface area contributed by atoms with Crippen molar-refractivity contribution >= 4 is 75.4 Å². The van der Waals surface area contributed by atoms with Crippen LogP contribution in [-0.4, -0.2) is 15.0 Å². The lowest BCUT2D eigenvalue weighted by Crippen LogP contribution is -2.26. The summed E-state index contributed by atoms with van der Waals surface area (Å²) in [5.41, 5.74) is 15.6. The summed E-state index contributed by atoms with van der Waals surface area (Å²) in [7, 11) is 0. The summed E-state index contributed by atoms with van der Waals surface area (Å²) in [4.78, 5) is 15.3. The van der Waals surface area contributed by atoms with Crippen molar-refractivity contribution < 1.29 is 8.83 Å². The van der Waals surface area contributed by atoms with Crippen molar-refractivity contribution in [2.45, 2.75) is 5.41 Å². The van der Waals surface area contributed by atoms with Gasteiger partial charge in [-0.1, -0.05) is 133 Å². The highest BCUT2D eigenvalue weighted by molar-refractivity contribution is 7.25. The van der Waals surface area contributed by atoms with Gasteiger partial charge in [-0.25, -0.2) is 15.0 Å². The van der Waals surface area contributed by atoms with Gasteiger partial charge in [0.05, 0.1) is 5.41 Å². The Balaban J connectivity index is 0.968. The summed E-state index contributed by atoms with van der Waals surface area (Å²) in [5, 5.41) is 6.93. The van der Waals surface area contributed by atoms with Gasteiger partial charge in [-0.2, -0.15) is 0 Å². The van der Waals surface area contributed by atoms with Gasteiger partial charge < -0.3 is 8.83 Å². The van der Waals surface area contributed by atoms with Crippen molar-refractivity contribution in [2.24, 2.45) is 0 Å². The third-order valence-electron chi connectivity index (χ3n) is 13.7. The average Bonchev–Trinajstić information content (AvgIpc) is 4.15. The van der Waals surface area contributed by atoms with Crippen molar-refractivity contribution in [2.75, 3.05) is 0 Å². The summed E-state index contributed by atoms with van der Waals surface area (Å²) in [6, 6.07) is 67.1. The van der Waals surface area contributed by atoms with Crippen molar-refractivity contribution in [3.8, 4) is 56.4 Å². The van der Waals surface area contributed by atoms with Crippen LogP contribution in [0.4, 0.5) is 0 Å². The Labute approximate surface area is 369 Å². The van der Waals surface area contributed by atoms with Gasteiger partial charge in [-0.3, -0.25) is 0 Å². The first-order chi connectivity index (χ1) is 31.7. The maximum Gasteiger partial charge on any atom is 0.164 e. The number of para-hydroxylation sites is 1. The number of furan rings is 2. The van der Waals surface area contributed by atoms with E-state index in [1.54, 1.807) is 0 Å². The molecule has 0 unspecified atom stereocenters. The van der Waals surface area contributed by atoms with E-state index in [9.17, 15) is 0 Å². The first kappa shape index (κ1) is 34.4. The molecule has 0 saturated heterocycles. The molecule has 0 fully saturated rings. The fourth-order valence-corrected chi connectivity index (χ4v) is 12.2. The van der Waals surface area contributed by atoms with Crippen LogP contribution in [0, 0.1) is 0 Å². The lowest BCUT2D eigenvalue weighted by molar-refractivity contribution is 0.668. The number of thiophene rings is 1. The molecule has 0 bridgehead atoms. The molecule has 0 aliphatic heterocycles. The lowest BCUT2D eigenvalue weighted by atomic mass is 9.69. The number of rotatable bonds is 3. The van der Waals surface area contributed by atoms with Crippen LogP contribution in [0.15, 0.2) is 197 Å². The fourth-order valence-electron chi connectivity index (χ4n) is 11.1. The lowest BCUT2D eigenvalue weighted by Gasteiger charge is -2.31. The summed E-state index contributed by atoms with van der Waals surface area (Å²) in [6.45, 7) is 0. The standard InChI is InChI=1S/C58H31N3O2S/c1-2-12-32(13-3-1)55-59-56(33-22-24-38-37-16-6-10-20-47(37)62-49(38)28-33)61-57(60-55)34-23-25-41-50(29-34)63-48-27-26-40-42-30-43-39-17-7-11-21-51(39)64-52(43)31-46(42)58(54(40)53(41)48)44-18-8-4-14-35(44)36-15-5-9-19-45(36)58/h1-31H. The minimum atomic E-state index is -0.550. The largest absolute Gasteiger partial charge is 0.456 e. The highest BCUT2D eigenvalue weighted by Gasteiger charge is 2.53. The zero-order chi connectivity index (χ0) is 41.7. The molecule has 0 saturated carbocycles. The second-order valence-electron chi connectivity index (χ2n) is 17.0. The topological polar surface area (TPSA) is 65.0 Å². The van der Waals surface area contributed by atoms with E-state index in [2.05, 4.69) is 133 Å². The van der Waals surface area contributed by atoms with Gasteiger partial charge in [0.25, 0.3) is 0 Å². The molecule has 4 aromatic heterocycles. The zero-order valence-corrected chi connectivity index (χ0v) is 34.8. The van der Waals surface area contributed by atoms with Crippen LogP contribution >= 0.6 is 11.3 Å². The number of fused-ring (bicyclic) bond motifs is 20. The van der Waals surface area contributed by atoms with Crippen molar-refractivity contribution in [3.05, 3.63) is 210 Å². The van der Waals surface area contributed by atoms with Gasteiger partial charge in [-0.05, 0) is 99.1 Å². The Kier molecular flexibility index (Phi) is 6.70. The minimum Gasteiger partial charge on any atom is -0.456 e. The van der Waals surface area contributed by atoms with Crippen LogP contribution in [0.25, 0.3) is 120 Å². The Hall–Kier alpha value is -8.19. The Morgan fingerprint density at radius 1 is 0.344 bits per heavy atom. The van der Waals surface area contributed by atoms with Gasteiger partial charge in [0, 0.05) is 58.4 Å². The Morgan fingerprint density at radius 2 is 0.938 bits per heavy atom. The predicted molar refractivity (Wildman–Crippen MR) is 260 cm³/mol. The molecule has 0 N–H and O–H groups in total. The normalized spacial score (nSPS) is 13.4. The molecule has 296 valence electrons. The third-order valence-corrected chi connectivity index (χ3v) is 14.9. The first-order valence-corrected chi connectivity index (χ1v) is 22.4. The van der Waals surface area contributed by atoms with Crippen molar-refractivity contribution in [1.82, 2.24) is 15.0 Å². The maximum atomic E-state index is 6.96. The van der Waals surface area contributed by atoms with Crippen LogP contribution in [0.5, 0.6) is 0 Å². The monoisotopic (exact) mass is 833 g/mol. The van der Waals surface area contributed by atoms with Crippen LogP contribution in [0.1, 0.15) is 22.3 Å². The third kappa shape index (κ3) is 4.49. The van der Waals surface area contributed by atoms with E-state index in [1.807, 2.05) is 65.9 Å². The second-order valence-corrected chi connectivity index (χ2v) is 18.1. The molecule has 6 heteroatoms. The number of benzene rings is 9. The van der Waals surface area contributed by atoms with E-state index in [1.165, 1.54) is 64.7 Å². The number of aromatic nitrogens is 3. The predicted octanol–water partition coefficient (Wildman–Crippen LogP) is 15.4. The minimum absolute atomic E-state index is 0.550. The number of nitrogens with zero attached hydrogens (tertiary/aromatic N) is 3. The Bertz CT molecular complexity index is 4110. The number of hydrogen-bond donors (Lipinski definition) is 0. The molecule has 15 rings (SSSR count).